The summed E-state index contributed by atoms with van der Waals surface area (Å²) in [6, 6.07) is 7.80. The molecule has 0 saturated carbocycles. The van der Waals surface area contributed by atoms with Crippen LogP contribution in [0.2, 0.25) is 0 Å². The topological polar surface area (TPSA) is 62.7 Å². The van der Waals surface area contributed by atoms with E-state index in [4.69, 9.17) is 0 Å². The summed E-state index contributed by atoms with van der Waals surface area (Å²) in [7, 11) is 1.83. The number of aromatic nitrogens is 3. The predicted molar refractivity (Wildman–Crippen MR) is 68.0 cm³/mol. The molecule has 0 saturated heterocycles. The first kappa shape index (κ1) is 11.3. The zero-order chi connectivity index (χ0) is 11.9. The zero-order valence-corrected chi connectivity index (χ0v) is 9.72. The number of nitrogens with one attached hydrogen (secondary N) is 2. The van der Waals surface area contributed by atoms with Gasteiger partial charge in [0.15, 0.2) is 0 Å². The number of anilines is 2. The van der Waals surface area contributed by atoms with Gasteiger partial charge in [-0.25, -0.2) is 9.97 Å². The molecule has 88 valence electrons. The lowest BCUT2D eigenvalue weighted by molar-refractivity contribution is 0.951. The SMILES string of the molecule is CNc1cc(NCCc2ccccn2)ncn1. The van der Waals surface area contributed by atoms with Crippen molar-refractivity contribution in [3.8, 4) is 0 Å². The van der Waals surface area contributed by atoms with Crippen LogP contribution < -0.4 is 10.6 Å². The van der Waals surface area contributed by atoms with Crippen molar-refractivity contribution >= 4 is 11.6 Å². The highest BCUT2D eigenvalue weighted by Gasteiger charge is 1.97. The van der Waals surface area contributed by atoms with Crippen molar-refractivity contribution in [2.45, 2.75) is 6.42 Å². The van der Waals surface area contributed by atoms with Gasteiger partial charge in [-0.1, -0.05) is 6.07 Å². The van der Waals surface area contributed by atoms with Gasteiger partial charge in [0.25, 0.3) is 0 Å². The molecule has 2 aromatic heterocycles. The van der Waals surface area contributed by atoms with Gasteiger partial charge in [-0.05, 0) is 12.1 Å². The molecule has 5 heteroatoms. The number of nitrogens with zero attached hydrogens (tertiary/aromatic N) is 3. The average Bonchev–Trinajstić information content (AvgIpc) is 2.40. The normalized spacial score (nSPS) is 9.94. The van der Waals surface area contributed by atoms with E-state index >= 15 is 0 Å². The molecule has 0 atom stereocenters. The Kier molecular flexibility index (Phi) is 3.85. The largest absolute Gasteiger partial charge is 0.373 e. The molecule has 0 radical (unpaired) electrons. The summed E-state index contributed by atoms with van der Waals surface area (Å²) in [6.07, 6.45) is 4.22. The molecule has 0 aliphatic carbocycles. The Morgan fingerprint density at radius 2 is 2.00 bits per heavy atom. The third-order valence-electron chi connectivity index (χ3n) is 2.34. The number of pyridine rings is 1. The Hall–Kier alpha value is -2.17. The third kappa shape index (κ3) is 3.41. The number of hydrogen-bond donors (Lipinski definition) is 2. The van der Waals surface area contributed by atoms with Crippen LogP contribution in [0.25, 0.3) is 0 Å². The molecule has 0 fully saturated rings. The summed E-state index contributed by atoms with van der Waals surface area (Å²) in [6.45, 7) is 0.803. The lowest BCUT2D eigenvalue weighted by Crippen LogP contribution is -2.07. The number of rotatable bonds is 5. The summed E-state index contributed by atoms with van der Waals surface area (Å²) in [5.41, 5.74) is 1.07. The predicted octanol–water partition coefficient (Wildman–Crippen LogP) is 1.57. The molecule has 2 N–H and O–H groups in total. The molecule has 0 aliphatic heterocycles. The van der Waals surface area contributed by atoms with E-state index in [0.717, 1.165) is 30.3 Å². The highest BCUT2D eigenvalue weighted by molar-refractivity contribution is 5.45. The van der Waals surface area contributed by atoms with E-state index in [1.807, 2.05) is 31.3 Å². The first-order chi connectivity index (χ1) is 8.38. The van der Waals surface area contributed by atoms with Crippen LogP contribution in [-0.4, -0.2) is 28.5 Å². The van der Waals surface area contributed by atoms with E-state index in [-0.39, 0.29) is 0 Å². The van der Waals surface area contributed by atoms with E-state index in [1.54, 1.807) is 6.20 Å². The molecule has 2 aromatic rings. The first-order valence-corrected chi connectivity index (χ1v) is 5.52. The van der Waals surface area contributed by atoms with Gasteiger partial charge in [0.1, 0.15) is 18.0 Å². The minimum Gasteiger partial charge on any atom is -0.373 e. The van der Waals surface area contributed by atoms with E-state index in [1.165, 1.54) is 6.33 Å². The van der Waals surface area contributed by atoms with Crippen LogP contribution in [0.3, 0.4) is 0 Å². The lowest BCUT2D eigenvalue weighted by Gasteiger charge is -2.06. The molecule has 0 aromatic carbocycles. The van der Waals surface area contributed by atoms with Crippen LogP contribution in [0.15, 0.2) is 36.8 Å². The highest BCUT2D eigenvalue weighted by Crippen LogP contribution is 2.07. The minimum absolute atomic E-state index is 0.803. The van der Waals surface area contributed by atoms with Gasteiger partial charge in [-0.3, -0.25) is 4.98 Å². The molecular weight excluding hydrogens is 214 g/mol. The van der Waals surface area contributed by atoms with Crippen molar-refractivity contribution in [1.29, 1.82) is 0 Å². The van der Waals surface area contributed by atoms with Crippen molar-refractivity contribution in [3.05, 3.63) is 42.5 Å². The Morgan fingerprint density at radius 3 is 2.76 bits per heavy atom. The second kappa shape index (κ2) is 5.79. The first-order valence-electron chi connectivity index (χ1n) is 5.52. The number of hydrogen-bond acceptors (Lipinski definition) is 5. The van der Waals surface area contributed by atoms with Gasteiger partial charge in [0, 0.05) is 38.0 Å². The fourth-order valence-electron chi connectivity index (χ4n) is 1.46. The van der Waals surface area contributed by atoms with Gasteiger partial charge >= 0.3 is 0 Å². The van der Waals surface area contributed by atoms with Gasteiger partial charge in [-0.2, -0.15) is 0 Å². The monoisotopic (exact) mass is 229 g/mol. The Morgan fingerprint density at radius 1 is 1.12 bits per heavy atom. The Labute approximate surface area is 100 Å². The maximum absolute atomic E-state index is 4.26. The van der Waals surface area contributed by atoms with Crippen LogP contribution in [0.1, 0.15) is 5.69 Å². The summed E-state index contributed by atoms with van der Waals surface area (Å²) >= 11 is 0. The quantitative estimate of drug-likeness (QED) is 0.814. The van der Waals surface area contributed by atoms with Gasteiger partial charge < -0.3 is 10.6 Å². The highest BCUT2D eigenvalue weighted by atomic mass is 15.0. The van der Waals surface area contributed by atoms with Crippen molar-refractivity contribution in [1.82, 2.24) is 15.0 Å². The molecule has 2 rings (SSSR count). The average molecular weight is 229 g/mol. The van der Waals surface area contributed by atoms with E-state index in [9.17, 15) is 0 Å². The summed E-state index contributed by atoms with van der Waals surface area (Å²) in [5, 5.41) is 6.21. The molecular formula is C12H15N5. The van der Waals surface area contributed by atoms with E-state index in [2.05, 4.69) is 25.6 Å². The van der Waals surface area contributed by atoms with Gasteiger partial charge in [0.2, 0.25) is 0 Å². The second-order valence-electron chi connectivity index (χ2n) is 3.54. The third-order valence-corrected chi connectivity index (χ3v) is 2.34. The maximum atomic E-state index is 4.26. The molecule has 5 nitrogen and oxygen atoms in total. The molecule has 0 amide bonds. The molecule has 0 aliphatic rings. The standard InChI is InChI=1S/C12H15N5/c1-13-11-8-12(17-9-16-11)15-7-5-10-4-2-3-6-14-10/h2-4,6,8-9H,5,7H2,1H3,(H2,13,15,16,17). The molecule has 0 bridgehead atoms. The van der Waals surface area contributed by atoms with Crippen molar-refractivity contribution in [3.63, 3.8) is 0 Å². The smallest absolute Gasteiger partial charge is 0.131 e. The lowest BCUT2D eigenvalue weighted by atomic mass is 10.3. The van der Waals surface area contributed by atoms with Gasteiger partial charge in [0.05, 0.1) is 0 Å². The van der Waals surface area contributed by atoms with Crippen LogP contribution in [0.5, 0.6) is 0 Å². The van der Waals surface area contributed by atoms with Crippen molar-refractivity contribution in [2.75, 3.05) is 24.2 Å². The minimum atomic E-state index is 0.803. The summed E-state index contributed by atoms with van der Waals surface area (Å²) in [4.78, 5) is 12.4. The molecule has 17 heavy (non-hydrogen) atoms. The van der Waals surface area contributed by atoms with E-state index in [0.29, 0.717) is 0 Å². The van der Waals surface area contributed by atoms with Crippen LogP contribution >= 0.6 is 0 Å². The second-order valence-corrected chi connectivity index (χ2v) is 3.54. The van der Waals surface area contributed by atoms with Crippen molar-refractivity contribution < 1.29 is 0 Å². The molecule has 2 heterocycles. The Balaban J connectivity index is 1.86. The maximum Gasteiger partial charge on any atom is 0.131 e. The molecule has 0 unspecified atom stereocenters. The summed E-state index contributed by atoms with van der Waals surface area (Å²) < 4.78 is 0. The van der Waals surface area contributed by atoms with Crippen LogP contribution in [0.4, 0.5) is 11.6 Å². The Bertz CT molecular complexity index is 457. The van der Waals surface area contributed by atoms with Gasteiger partial charge in [-0.15, -0.1) is 0 Å². The fraction of sp³-hybridized carbons (Fsp3) is 0.250. The fourth-order valence-corrected chi connectivity index (χ4v) is 1.46. The van der Waals surface area contributed by atoms with Crippen LogP contribution in [0, 0.1) is 0 Å². The molecule has 0 spiro atoms. The van der Waals surface area contributed by atoms with Crippen molar-refractivity contribution in [2.24, 2.45) is 0 Å². The van der Waals surface area contributed by atoms with Crippen LogP contribution in [-0.2, 0) is 6.42 Å². The summed E-state index contributed by atoms with van der Waals surface area (Å²) in [5.74, 6) is 1.63. The zero-order valence-electron chi connectivity index (χ0n) is 9.72. The van der Waals surface area contributed by atoms with E-state index < -0.39 is 0 Å².